The van der Waals surface area contributed by atoms with E-state index in [-0.39, 0.29) is 16.9 Å². The molecular weight excluding hydrogens is 404 g/mol. The Hall–Kier alpha value is -2.53. The predicted molar refractivity (Wildman–Crippen MR) is 104 cm³/mol. The summed E-state index contributed by atoms with van der Waals surface area (Å²) >= 11 is 0. The van der Waals surface area contributed by atoms with Gasteiger partial charge in [0.1, 0.15) is 5.56 Å². The maximum absolute atomic E-state index is 12.7. The minimum absolute atomic E-state index is 0.195. The van der Waals surface area contributed by atoms with E-state index in [1.807, 2.05) is 0 Å². The molecule has 0 unspecified atom stereocenters. The molecule has 1 amide bonds. The highest BCUT2D eigenvalue weighted by Crippen LogP contribution is 2.33. The van der Waals surface area contributed by atoms with Crippen molar-refractivity contribution in [2.45, 2.75) is 42.4 Å². The number of nitrogens with two attached hydrogens (primary N) is 1. The number of rotatable bonds is 7. The molecule has 1 fully saturated rings. The Morgan fingerprint density at radius 3 is 2.45 bits per heavy atom. The molecular formula is C18H23F2N5O3S. The van der Waals surface area contributed by atoms with E-state index < -0.39 is 26.4 Å². The van der Waals surface area contributed by atoms with E-state index in [1.54, 1.807) is 10.9 Å². The molecule has 4 N–H and O–H groups in total. The van der Waals surface area contributed by atoms with Crippen LogP contribution in [0.25, 0.3) is 0 Å². The van der Waals surface area contributed by atoms with Crippen LogP contribution < -0.4 is 16.4 Å². The number of nitrogens with one attached hydrogen (secondary N) is 2. The molecule has 2 heterocycles. The molecule has 1 aliphatic rings. The van der Waals surface area contributed by atoms with Crippen LogP contribution in [0, 0.1) is 0 Å². The van der Waals surface area contributed by atoms with Crippen LogP contribution in [0.15, 0.2) is 35.4 Å². The van der Waals surface area contributed by atoms with Crippen LogP contribution in [-0.2, 0) is 15.4 Å². The highest BCUT2D eigenvalue weighted by molar-refractivity contribution is 7.91. The van der Waals surface area contributed by atoms with Gasteiger partial charge in [-0.05, 0) is 56.6 Å². The van der Waals surface area contributed by atoms with Crippen molar-refractivity contribution in [1.29, 1.82) is 0 Å². The van der Waals surface area contributed by atoms with Crippen molar-refractivity contribution in [3.63, 3.8) is 0 Å². The lowest BCUT2D eigenvalue weighted by molar-refractivity contribution is 0.100. The highest BCUT2D eigenvalue weighted by Gasteiger charge is 2.34. The van der Waals surface area contributed by atoms with Crippen LogP contribution in [0.3, 0.4) is 0 Å². The van der Waals surface area contributed by atoms with Crippen molar-refractivity contribution in [1.82, 2.24) is 15.1 Å². The zero-order valence-electron chi connectivity index (χ0n) is 15.9. The normalized spacial score (nSPS) is 16.7. The second-order valence-electron chi connectivity index (χ2n) is 6.98. The number of anilines is 2. The van der Waals surface area contributed by atoms with Crippen LogP contribution in [0.5, 0.6) is 0 Å². The Morgan fingerprint density at radius 2 is 1.93 bits per heavy atom. The third-order valence-corrected chi connectivity index (χ3v) is 6.74. The Labute approximate surface area is 167 Å². The van der Waals surface area contributed by atoms with Crippen LogP contribution in [0.2, 0.25) is 0 Å². The molecule has 29 heavy (non-hydrogen) atoms. The van der Waals surface area contributed by atoms with Gasteiger partial charge in [-0.15, -0.1) is 0 Å². The third kappa shape index (κ3) is 4.10. The molecule has 11 heteroatoms. The average molecular weight is 427 g/mol. The van der Waals surface area contributed by atoms with Crippen molar-refractivity contribution < 1.29 is 22.0 Å². The van der Waals surface area contributed by atoms with Crippen molar-refractivity contribution in [3.8, 4) is 0 Å². The number of carbonyl (C=O) groups excluding carboxylic acids is 1. The Bertz CT molecular complexity index is 983. The molecule has 0 spiro atoms. The van der Waals surface area contributed by atoms with E-state index in [4.69, 9.17) is 5.73 Å². The summed E-state index contributed by atoms with van der Waals surface area (Å²) in [6, 6.07) is 4.81. The van der Waals surface area contributed by atoms with Crippen LogP contribution in [0.4, 0.5) is 20.3 Å². The van der Waals surface area contributed by atoms with E-state index in [1.165, 1.54) is 12.1 Å². The molecule has 1 aromatic heterocycles. The van der Waals surface area contributed by atoms with Gasteiger partial charge in [-0.1, -0.05) is 6.92 Å². The number of piperidine rings is 1. The van der Waals surface area contributed by atoms with Gasteiger partial charge in [0.2, 0.25) is 9.84 Å². The molecule has 8 nitrogen and oxygen atoms in total. The summed E-state index contributed by atoms with van der Waals surface area (Å²) in [6.07, 6.45) is 4.15. The van der Waals surface area contributed by atoms with Gasteiger partial charge in [-0.25, -0.2) is 8.42 Å². The average Bonchev–Trinajstić information content (AvgIpc) is 3.13. The monoisotopic (exact) mass is 427 g/mol. The quantitative estimate of drug-likeness (QED) is 0.623. The number of benzene rings is 1. The fraction of sp³-hybridized carbons (Fsp3) is 0.444. The van der Waals surface area contributed by atoms with Gasteiger partial charge in [-0.2, -0.15) is 13.9 Å². The molecule has 2 aromatic rings. The molecule has 1 saturated heterocycles. The molecule has 1 aliphatic heterocycles. The van der Waals surface area contributed by atoms with Gasteiger partial charge in [0, 0.05) is 11.9 Å². The topological polar surface area (TPSA) is 119 Å². The first-order valence-electron chi connectivity index (χ1n) is 9.19. The number of amides is 1. The van der Waals surface area contributed by atoms with E-state index in [2.05, 4.69) is 22.7 Å². The van der Waals surface area contributed by atoms with Crippen LogP contribution in [-0.4, -0.2) is 43.0 Å². The van der Waals surface area contributed by atoms with E-state index in [0.717, 1.165) is 44.5 Å². The number of nitrogens with zero attached hydrogens (tertiary/aromatic N) is 2. The van der Waals surface area contributed by atoms with Gasteiger partial charge in [0.15, 0.2) is 5.82 Å². The molecule has 0 bridgehead atoms. The number of alkyl halides is 2. The Kier molecular flexibility index (Phi) is 5.90. The number of carbonyl (C=O) groups is 1. The van der Waals surface area contributed by atoms with E-state index in [9.17, 15) is 22.0 Å². The largest absolute Gasteiger partial charge is 0.365 e. The highest BCUT2D eigenvalue weighted by atomic mass is 32.2. The predicted octanol–water partition coefficient (Wildman–Crippen LogP) is 2.21. The summed E-state index contributed by atoms with van der Waals surface area (Å²) in [4.78, 5) is 11.4. The smallest absolute Gasteiger partial charge is 0.341 e. The fourth-order valence-corrected chi connectivity index (χ4v) is 4.22. The Morgan fingerprint density at radius 1 is 1.31 bits per heavy atom. The number of sulfone groups is 1. The molecule has 0 aliphatic carbocycles. The van der Waals surface area contributed by atoms with Crippen molar-refractivity contribution >= 4 is 27.2 Å². The van der Waals surface area contributed by atoms with Gasteiger partial charge in [0.25, 0.3) is 5.91 Å². The fourth-order valence-electron chi connectivity index (χ4n) is 3.49. The summed E-state index contributed by atoms with van der Waals surface area (Å²) in [6.45, 7) is 3.73. The van der Waals surface area contributed by atoms with Crippen LogP contribution in [0.1, 0.15) is 36.5 Å². The summed E-state index contributed by atoms with van der Waals surface area (Å²) in [5.74, 6) is -3.92. The van der Waals surface area contributed by atoms with Crippen molar-refractivity contribution in [2.75, 3.05) is 18.4 Å². The molecule has 0 radical (unpaired) electrons. The zero-order chi connectivity index (χ0) is 21.2. The number of aromatic nitrogens is 2. The minimum atomic E-state index is -4.67. The molecule has 158 valence electrons. The van der Waals surface area contributed by atoms with Crippen LogP contribution >= 0.6 is 0 Å². The molecule has 1 aromatic carbocycles. The molecule has 0 saturated carbocycles. The first-order chi connectivity index (χ1) is 13.7. The number of hydrogen-bond donors (Lipinski definition) is 3. The number of hydrogen-bond acceptors (Lipinski definition) is 6. The second-order valence-corrected chi connectivity index (χ2v) is 8.90. The lowest BCUT2D eigenvalue weighted by Gasteiger charge is -2.37. The van der Waals surface area contributed by atoms with Crippen molar-refractivity contribution in [2.24, 2.45) is 5.73 Å². The van der Waals surface area contributed by atoms with Gasteiger partial charge in [-0.3, -0.25) is 9.48 Å². The van der Waals surface area contributed by atoms with Gasteiger partial charge >= 0.3 is 5.76 Å². The molecule has 0 atom stereocenters. The van der Waals surface area contributed by atoms with E-state index in [0.29, 0.717) is 5.69 Å². The maximum Gasteiger partial charge on any atom is 0.341 e. The first-order valence-corrected chi connectivity index (χ1v) is 10.7. The van der Waals surface area contributed by atoms with Gasteiger partial charge in [0.05, 0.1) is 10.4 Å². The Balaban J connectivity index is 1.91. The number of halogens is 2. The summed E-state index contributed by atoms with van der Waals surface area (Å²) < 4.78 is 50.2. The number of primary amides is 1. The third-order valence-electron chi connectivity index (χ3n) is 5.34. The summed E-state index contributed by atoms with van der Waals surface area (Å²) in [5, 5.41) is 10.8. The lowest BCUT2D eigenvalue weighted by Crippen LogP contribution is -2.44. The molecule has 3 rings (SSSR count). The van der Waals surface area contributed by atoms with Crippen molar-refractivity contribution in [3.05, 3.63) is 36.0 Å². The first kappa shape index (κ1) is 21.2. The minimum Gasteiger partial charge on any atom is -0.365 e. The second kappa shape index (κ2) is 8.07. The van der Waals surface area contributed by atoms with Gasteiger partial charge < -0.3 is 16.4 Å². The lowest BCUT2D eigenvalue weighted by atomic mass is 9.86. The zero-order valence-corrected chi connectivity index (χ0v) is 16.7. The van der Waals surface area contributed by atoms with E-state index >= 15 is 0 Å². The summed E-state index contributed by atoms with van der Waals surface area (Å²) in [7, 11) is -4.67. The maximum atomic E-state index is 12.7. The SMILES string of the molecule is CCC1(n2cc(C(N)=O)c(Nc3ccc(S(=O)(=O)C(F)F)cc3)n2)CCNCC1. The standard InChI is InChI=1S/C18H23F2N5O3S/c1-2-18(7-9-22-10-8-18)25-11-14(15(21)26)16(24-25)23-12-3-5-13(6-4-12)29(27,28)17(19)20/h3-6,11,17,22H,2,7-10H2,1H3,(H2,21,26)(H,23,24). The summed E-state index contributed by atoms with van der Waals surface area (Å²) in [5.41, 5.74) is 5.86.